The lowest BCUT2D eigenvalue weighted by Gasteiger charge is -2.07. The number of hydrogen-bond acceptors (Lipinski definition) is 5. The fraction of sp³-hybridized carbons (Fsp3) is 0.167. The number of sulfonamides is 1. The van der Waals surface area contributed by atoms with Crippen LogP contribution in [0.15, 0.2) is 46.3 Å². The summed E-state index contributed by atoms with van der Waals surface area (Å²) in [6.07, 6.45) is 2.12. The minimum absolute atomic E-state index is 0.194. The largest absolute Gasteiger partial charge is 0.497 e. The fourth-order valence-electron chi connectivity index (χ4n) is 1.62. The lowest BCUT2D eigenvalue weighted by atomic mass is 10.2. The Bertz CT molecular complexity index is 766. The van der Waals surface area contributed by atoms with Crippen molar-refractivity contribution in [3.63, 3.8) is 0 Å². The molecule has 0 atom stereocenters. The van der Waals surface area contributed by atoms with E-state index in [9.17, 15) is 13.2 Å². The predicted molar refractivity (Wildman–Crippen MR) is 72.0 cm³/mol. The molecule has 7 nitrogen and oxygen atoms in total. The molecule has 106 valence electrons. The van der Waals surface area contributed by atoms with Gasteiger partial charge in [-0.1, -0.05) is 12.1 Å². The summed E-state index contributed by atoms with van der Waals surface area (Å²) in [6.45, 7) is 0.194. The van der Waals surface area contributed by atoms with Gasteiger partial charge in [-0.25, -0.2) is 23.3 Å². The zero-order chi connectivity index (χ0) is 14.8. The van der Waals surface area contributed by atoms with Crippen molar-refractivity contribution in [1.82, 2.24) is 9.55 Å². The summed E-state index contributed by atoms with van der Waals surface area (Å²) in [5.74, 6) is 0.692. The van der Waals surface area contributed by atoms with E-state index >= 15 is 0 Å². The van der Waals surface area contributed by atoms with Crippen LogP contribution in [0.1, 0.15) is 5.56 Å². The molecule has 0 unspecified atom stereocenters. The van der Waals surface area contributed by atoms with Gasteiger partial charge in [0, 0.05) is 6.20 Å². The predicted octanol–water partition coefficient (Wildman–Crippen LogP) is -0.0524. The van der Waals surface area contributed by atoms with Crippen LogP contribution in [0.5, 0.6) is 5.75 Å². The van der Waals surface area contributed by atoms with E-state index in [1.807, 2.05) is 0 Å². The average Bonchev–Trinajstić information content (AvgIpc) is 2.41. The van der Waals surface area contributed by atoms with E-state index in [1.165, 1.54) is 10.8 Å². The molecule has 0 spiro atoms. The van der Waals surface area contributed by atoms with E-state index in [-0.39, 0.29) is 11.4 Å². The molecular weight excluding hydrogens is 282 g/mol. The molecule has 0 fully saturated rings. The number of nitrogens with zero attached hydrogens (tertiary/aromatic N) is 2. The molecule has 0 amide bonds. The second-order valence-electron chi connectivity index (χ2n) is 4.09. The molecule has 0 bridgehead atoms. The molecule has 0 radical (unpaired) electrons. The number of rotatable bonds is 4. The maximum Gasteiger partial charge on any atom is 0.347 e. The van der Waals surface area contributed by atoms with Crippen molar-refractivity contribution in [3.05, 3.63) is 52.7 Å². The first-order valence-corrected chi connectivity index (χ1v) is 7.17. The number of benzene rings is 1. The number of methoxy groups -OCH3 is 1. The molecule has 2 aromatic rings. The van der Waals surface area contributed by atoms with Crippen molar-refractivity contribution in [3.8, 4) is 5.75 Å². The summed E-state index contributed by atoms with van der Waals surface area (Å²) >= 11 is 0. The molecule has 0 saturated heterocycles. The van der Waals surface area contributed by atoms with Crippen LogP contribution in [0.2, 0.25) is 0 Å². The second kappa shape index (κ2) is 5.43. The van der Waals surface area contributed by atoms with Crippen LogP contribution in [0.3, 0.4) is 0 Å². The van der Waals surface area contributed by atoms with Gasteiger partial charge in [0.25, 0.3) is 0 Å². The molecule has 0 aliphatic carbocycles. The van der Waals surface area contributed by atoms with Crippen molar-refractivity contribution in [2.45, 2.75) is 11.4 Å². The molecule has 1 aromatic heterocycles. The molecule has 0 aliphatic rings. The van der Waals surface area contributed by atoms with Crippen LogP contribution in [0.25, 0.3) is 0 Å². The Morgan fingerprint density at radius 3 is 2.50 bits per heavy atom. The van der Waals surface area contributed by atoms with Gasteiger partial charge in [0.15, 0.2) is 0 Å². The average molecular weight is 295 g/mol. The maximum atomic E-state index is 11.6. The van der Waals surface area contributed by atoms with E-state index < -0.39 is 15.7 Å². The van der Waals surface area contributed by atoms with Crippen molar-refractivity contribution < 1.29 is 13.2 Å². The summed E-state index contributed by atoms with van der Waals surface area (Å²) in [6, 6.07) is 7.04. The first-order chi connectivity index (χ1) is 9.40. The number of aromatic nitrogens is 2. The molecule has 8 heteroatoms. The van der Waals surface area contributed by atoms with Gasteiger partial charge in [-0.05, 0) is 17.7 Å². The van der Waals surface area contributed by atoms with E-state index in [4.69, 9.17) is 9.88 Å². The molecular formula is C12H13N3O4S. The number of hydrogen-bond donors (Lipinski definition) is 1. The molecule has 0 aliphatic heterocycles. The normalized spacial score (nSPS) is 11.3. The van der Waals surface area contributed by atoms with Crippen LogP contribution in [0.4, 0.5) is 0 Å². The minimum atomic E-state index is -3.89. The highest BCUT2D eigenvalue weighted by atomic mass is 32.2. The van der Waals surface area contributed by atoms with Gasteiger partial charge < -0.3 is 4.74 Å². The van der Waals surface area contributed by atoms with Crippen molar-refractivity contribution in [1.29, 1.82) is 0 Å². The Morgan fingerprint density at radius 2 is 1.95 bits per heavy atom. The second-order valence-corrected chi connectivity index (χ2v) is 5.65. The highest BCUT2D eigenvalue weighted by molar-refractivity contribution is 7.89. The SMILES string of the molecule is COc1ccc(Cn2cc(S(N)(=O)=O)cnc2=O)cc1. The fourth-order valence-corrected chi connectivity index (χ4v) is 2.10. The van der Waals surface area contributed by atoms with Crippen LogP contribution in [-0.2, 0) is 16.6 Å². The van der Waals surface area contributed by atoms with Gasteiger partial charge in [0.1, 0.15) is 10.6 Å². The van der Waals surface area contributed by atoms with Gasteiger partial charge in [0.2, 0.25) is 10.0 Å². The van der Waals surface area contributed by atoms with E-state index in [0.717, 1.165) is 11.8 Å². The number of ether oxygens (including phenoxy) is 1. The Morgan fingerprint density at radius 1 is 1.30 bits per heavy atom. The van der Waals surface area contributed by atoms with Crippen LogP contribution < -0.4 is 15.6 Å². The monoisotopic (exact) mass is 295 g/mol. The highest BCUT2D eigenvalue weighted by Gasteiger charge is 2.10. The summed E-state index contributed by atoms with van der Waals surface area (Å²) in [5, 5.41) is 5.01. The summed E-state index contributed by atoms with van der Waals surface area (Å²) in [4.78, 5) is 14.9. The molecule has 1 heterocycles. The van der Waals surface area contributed by atoms with Crippen molar-refractivity contribution in [2.75, 3.05) is 7.11 Å². The van der Waals surface area contributed by atoms with Gasteiger partial charge in [-0.15, -0.1) is 0 Å². The van der Waals surface area contributed by atoms with Crippen LogP contribution in [-0.4, -0.2) is 25.1 Å². The first-order valence-electron chi connectivity index (χ1n) is 5.62. The summed E-state index contributed by atoms with van der Waals surface area (Å²) < 4.78 is 28.7. The molecule has 1 aromatic carbocycles. The van der Waals surface area contributed by atoms with Gasteiger partial charge >= 0.3 is 5.69 Å². The van der Waals surface area contributed by atoms with Crippen LogP contribution in [0, 0.1) is 0 Å². The topological polar surface area (TPSA) is 104 Å². The van der Waals surface area contributed by atoms with Gasteiger partial charge in [-0.2, -0.15) is 0 Å². The first kappa shape index (κ1) is 14.2. The lowest BCUT2D eigenvalue weighted by Crippen LogP contribution is -2.25. The molecule has 20 heavy (non-hydrogen) atoms. The zero-order valence-corrected chi connectivity index (χ0v) is 11.5. The third-order valence-corrected chi connectivity index (χ3v) is 3.54. The third kappa shape index (κ3) is 3.22. The van der Waals surface area contributed by atoms with E-state index in [2.05, 4.69) is 4.98 Å². The Labute approximate surface area is 115 Å². The quantitative estimate of drug-likeness (QED) is 0.851. The standard InChI is InChI=1S/C12H13N3O4S/c1-19-10-4-2-9(3-5-10)7-15-8-11(20(13,17)18)6-14-12(15)16/h2-6,8H,7H2,1H3,(H2,13,17,18). The van der Waals surface area contributed by atoms with E-state index in [0.29, 0.717) is 5.75 Å². The minimum Gasteiger partial charge on any atom is -0.497 e. The molecule has 0 saturated carbocycles. The number of nitrogens with two attached hydrogens (primary N) is 1. The Balaban J connectivity index is 2.35. The Hall–Kier alpha value is -2.19. The van der Waals surface area contributed by atoms with E-state index in [1.54, 1.807) is 31.4 Å². The highest BCUT2D eigenvalue weighted by Crippen LogP contribution is 2.12. The van der Waals surface area contributed by atoms with Crippen LogP contribution >= 0.6 is 0 Å². The zero-order valence-electron chi connectivity index (χ0n) is 10.7. The number of primary sulfonamides is 1. The van der Waals surface area contributed by atoms with Gasteiger partial charge in [0.05, 0.1) is 19.9 Å². The maximum absolute atomic E-state index is 11.6. The Kier molecular flexibility index (Phi) is 3.86. The summed E-state index contributed by atoms with van der Waals surface area (Å²) in [5.41, 5.74) is 0.259. The van der Waals surface area contributed by atoms with Crippen molar-refractivity contribution >= 4 is 10.0 Å². The molecule has 2 N–H and O–H groups in total. The van der Waals surface area contributed by atoms with Gasteiger partial charge in [-0.3, -0.25) is 4.57 Å². The van der Waals surface area contributed by atoms with Crippen molar-refractivity contribution in [2.24, 2.45) is 5.14 Å². The smallest absolute Gasteiger partial charge is 0.347 e. The summed E-state index contributed by atoms with van der Waals surface area (Å²) in [7, 11) is -2.33. The third-order valence-electron chi connectivity index (χ3n) is 2.67. The lowest BCUT2D eigenvalue weighted by molar-refractivity contribution is 0.414. The molecule has 2 rings (SSSR count).